The van der Waals surface area contributed by atoms with Gasteiger partial charge < -0.3 is 20.9 Å². The van der Waals surface area contributed by atoms with Gasteiger partial charge in [0.15, 0.2) is 11.8 Å². The minimum Gasteiger partial charge on any atom is -0.479 e. The predicted octanol–water partition coefficient (Wildman–Crippen LogP) is 1.64. The minimum atomic E-state index is -1.79. The van der Waals surface area contributed by atoms with Crippen LogP contribution >= 0.6 is 0 Å². The molecule has 0 saturated carbocycles. The van der Waals surface area contributed by atoms with Crippen LogP contribution in [0.2, 0.25) is 0 Å². The number of ether oxygens (including phenoxy) is 1. The van der Waals surface area contributed by atoms with Crippen LogP contribution in [0.1, 0.15) is 17.2 Å². The Balaban J connectivity index is 1.99. The number of aliphatic carboxylic acids is 1. The summed E-state index contributed by atoms with van der Waals surface area (Å²) in [4.78, 5) is 35.5. The Labute approximate surface area is 144 Å². The fourth-order valence-corrected chi connectivity index (χ4v) is 2.14. The van der Waals surface area contributed by atoms with Crippen LogP contribution in [0.3, 0.4) is 0 Å². The quantitative estimate of drug-likeness (QED) is 0.658. The summed E-state index contributed by atoms with van der Waals surface area (Å²) in [5, 5.41) is 11.3. The van der Waals surface area contributed by atoms with Gasteiger partial charge in [0.25, 0.3) is 0 Å². The zero-order valence-corrected chi connectivity index (χ0v) is 13.3. The Hall–Kier alpha value is -3.19. The largest absolute Gasteiger partial charge is 0.479 e. The zero-order chi connectivity index (χ0) is 18.2. The number of nitrogens with two attached hydrogens (primary N) is 1. The Morgan fingerprint density at radius 3 is 2.12 bits per heavy atom. The highest BCUT2D eigenvalue weighted by Crippen LogP contribution is 2.13. The normalized spacial score (nSPS) is 12.7. The third-order valence-corrected chi connectivity index (χ3v) is 3.47. The standard InChI is InChI=1S/C18H18N2O5/c19-14(13-9-5-2-6-10-13)16(21)15(17(22)23)20-18(24)25-11-12-7-3-1-4-8-12/h1-10,14-15H,11,19H2,(H,20,24)(H,22,23). The molecule has 0 bridgehead atoms. The van der Waals surface area contributed by atoms with Crippen molar-refractivity contribution in [2.75, 3.05) is 0 Å². The molecule has 1 amide bonds. The summed E-state index contributed by atoms with van der Waals surface area (Å²) in [5.74, 6) is -2.34. The van der Waals surface area contributed by atoms with Crippen molar-refractivity contribution in [1.29, 1.82) is 0 Å². The van der Waals surface area contributed by atoms with Crippen molar-refractivity contribution in [3.8, 4) is 0 Å². The molecule has 2 unspecified atom stereocenters. The van der Waals surface area contributed by atoms with Gasteiger partial charge >= 0.3 is 12.1 Å². The van der Waals surface area contributed by atoms with E-state index in [1.807, 2.05) is 11.4 Å². The van der Waals surface area contributed by atoms with E-state index in [4.69, 9.17) is 10.5 Å². The van der Waals surface area contributed by atoms with E-state index in [0.29, 0.717) is 5.56 Å². The summed E-state index contributed by atoms with van der Waals surface area (Å²) in [7, 11) is 0. The molecule has 0 saturated heterocycles. The Kier molecular flexibility index (Phi) is 6.25. The molecular weight excluding hydrogens is 324 g/mol. The van der Waals surface area contributed by atoms with E-state index in [2.05, 4.69) is 0 Å². The van der Waals surface area contributed by atoms with E-state index in [1.165, 1.54) is 0 Å². The molecule has 2 aromatic rings. The molecule has 0 aromatic heterocycles. The van der Waals surface area contributed by atoms with Crippen LogP contribution < -0.4 is 11.1 Å². The second kappa shape index (κ2) is 8.60. The number of rotatable bonds is 7. The van der Waals surface area contributed by atoms with E-state index in [9.17, 15) is 19.5 Å². The van der Waals surface area contributed by atoms with E-state index in [-0.39, 0.29) is 6.61 Å². The fraction of sp³-hybridized carbons (Fsp3) is 0.167. The maximum atomic E-state index is 12.3. The summed E-state index contributed by atoms with van der Waals surface area (Å²) in [5.41, 5.74) is 7.00. The lowest BCUT2D eigenvalue weighted by atomic mass is 9.99. The van der Waals surface area contributed by atoms with Crippen molar-refractivity contribution in [1.82, 2.24) is 5.32 Å². The molecule has 0 aliphatic heterocycles. The first kappa shape index (κ1) is 18.2. The van der Waals surface area contributed by atoms with Crippen LogP contribution in [0.4, 0.5) is 4.79 Å². The van der Waals surface area contributed by atoms with Crippen LogP contribution in [0, 0.1) is 0 Å². The van der Waals surface area contributed by atoms with Gasteiger partial charge in [-0.05, 0) is 11.1 Å². The molecule has 0 aliphatic carbocycles. The Bertz CT molecular complexity index is 734. The molecule has 4 N–H and O–H groups in total. The summed E-state index contributed by atoms with van der Waals surface area (Å²) in [6, 6.07) is 14.2. The minimum absolute atomic E-state index is 0.0437. The number of benzene rings is 2. The molecule has 7 nitrogen and oxygen atoms in total. The molecule has 2 aromatic carbocycles. The molecule has 25 heavy (non-hydrogen) atoms. The molecule has 0 spiro atoms. The summed E-state index contributed by atoms with van der Waals surface area (Å²) in [6.07, 6.45) is -1.01. The molecule has 130 valence electrons. The topological polar surface area (TPSA) is 119 Å². The monoisotopic (exact) mass is 342 g/mol. The van der Waals surface area contributed by atoms with Gasteiger partial charge in [0.05, 0.1) is 6.04 Å². The third kappa shape index (κ3) is 5.15. The van der Waals surface area contributed by atoms with Gasteiger partial charge in [-0.15, -0.1) is 0 Å². The Morgan fingerprint density at radius 1 is 1.00 bits per heavy atom. The highest BCUT2D eigenvalue weighted by atomic mass is 16.5. The number of alkyl carbamates (subject to hydrolysis) is 1. The smallest absolute Gasteiger partial charge is 0.408 e. The number of hydrogen-bond donors (Lipinski definition) is 3. The van der Waals surface area contributed by atoms with Crippen molar-refractivity contribution in [3.63, 3.8) is 0 Å². The molecule has 0 aliphatic rings. The fourth-order valence-electron chi connectivity index (χ4n) is 2.14. The molecule has 0 fully saturated rings. The lowest BCUT2D eigenvalue weighted by Crippen LogP contribution is -2.49. The first-order chi connectivity index (χ1) is 12.0. The number of carbonyl (C=O) groups excluding carboxylic acids is 2. The van der Waals surface area contributed by atoms with E-state index < -0.39 is 29.9 Å². The number of ketones is 1. The van der Waals surface area contributed by atoms with E-state index >= 15 is 0 Å². The highest BCUT2D eigenvalue weighted by Gasteiger charge is 2.33. The van der Waals surface area contributed by atoms with Crippen LogP contribution in [-0.4, -0.2) is 29.0 Å². The molecule has 0 radical (unpaired) electrons. The van der Waals surface area contributed by atoms with Gasteiger partial charge in [0, 0.05) is 0 Å². The zero-order valence-electron chi connectivity index (χ0n) is 13.3. The molecule has 7 heteroatoms. The third-order valence-electron chi connectivity index (χ3n) is 3.47. The van der Waals surface area contributed by atoms with Gasteiger partial charge in [-0.25, -0.2) is 9.59 Å². The Morgan fingerprint density at radius 2 is 1.56 bits per heavy atom. The first-order valence-electron chi connectivity index (χ1n) is 7.53. The predicted molar refractivity (Wildman–Crippen MR) is 89.6 cm³/mol. The lowest BCUT2D eigenvalue weighted by Gasteiger charge is -2.18. The van der Waals surface area contributed by atoms with Crippen molar-refractivity contribution >= 4 is 17.8 Å². The van der Waals surface area contributed by atoms with Crippen molar-refractivity contribution in [2.45, 2.75) is 18.7 Å². The number of Topliss-reactive ketones (excluding diaryl/α,β-unsaturated/α-hetero) is 1. The molecule has 0 heterocycles. The summed E-state index contributed by atoms with van der Waals surface area (Å²) in [6.45, 7) is -0.0437. The number of carboxylic acids is 1. The van der Waals surface area contributed by atoms with Gasteiger partial charge in [-0.1, -0.05) is 60.7 Å². The number of carbonyl (C=O) groups is 3. The second-order valence-corrected chi connectivity index (χ2v) is 5.27. The maximum absolute atomic E-state index is 12.3. The average molecular weight is 342 g/mol. The van der Waals surface area contributed by atoms with Gasteiger partial charge in [0.2, 0.25) is 0 Å². The van der Waals surface area contributed by atoms with Crippen LogP contribution in [0.5, 0.6) is 0 Å². The van der Waals surface area contributed by atoms with Crippen LogP contribution in [0.15, 0.2) is 60.7 Å². The SMILES string of the molecule is NC(C(=O)C(NC(=O)OCc1ccccc1)C(=O)O)c1ccccc1. The number of nitrogens with one attached hydrogen (secondary N) is 1. The maximum Gasteiger partial charge on any atom is 0.408 e. The highest BCUT2D eigenvalue weighted by molar-refractivity contribution is 6.07. The van der Waals surface area contributed by atoms with E-state index in [0.717, 1.165) is 5.56 Å². The molecular formula is C18H18N2O5. The second-order valence-electron chi connectivity index (χ2n) is 5.27. The van der Waals surface area contributed by atoms with Gasteiger partial charge in [0.1, 0.15) is 6.61 Å². The number of amides is 1. The van der Waals surface area contributed by atoms with Crippen molar-refractivity contribution < 1.29 is 24.2 Å². The van der Waals surface area contributed by atoms with Gasteiger partial charge in [-0.2, -0.15) is 0 Å². The number of carboxylic acid groups (broad SMARTS) is 1. The molecule has 2 rings (SSSR count). The molecule has 2 atom stereocenters. The number of hydrogen-bond acceptors (Lipinski definition) is 5. The average Bonchev–Trinajstić information content (AvgIpc) is 2.64. The van der Waals surface area contributed by atoms with Crippen LogP contribution in [-0.2, 0) is 20.9 Å². The lowest BCUT2D eigenvalue weighted by molar-refractivity contribution is -0.143. The summed E-state index contributed by atoms with van der Waals surface area (Å²) < 4.78 is 4.94. The van der Waals surface area contributed by atoms with Gasteiger partial charge in [-0.3, -0.25) is 4.79 Å². The van der Waals surface area contributed by atoms with Crippen LogP contribution in [0.25, 0.3) is 0 Å². The van der Waals surface area contributed by atoms with E-state index in [1.54, 1.807) is 54.6 Å². The van der Waals surface area contributed by atoms with Crippen molar-refractivity contribution in [2.24, 2.45) is 5.73 Å². The van der Waals surface area contributed by atoms with Crippen molar-refractivity contribution in [3.05, 3.63) is 71.8 Å². The first-order valence-corrected chi connectivity index (χ1v) is 7.53. The summed E-state index contributed by atoms with van der Waals surface area (Å²) >= 11 is 0.